The molecular formula is C51H33N5. The van der Waals surface area contributed by atoms with Crippen LogP contribution in [-0.4, -0.2) is 19.5 Å². The number of nitrogens with zero attached hydrogens (tertiary/aromatic N) is 5. The highest BCUT2D eigenvalue weighted by molar-refractivity contribution is 6.19. The van der Waals surface area contributed by atoms with Gasteiger partial charge >= 0.3 is 0 Å². The van der Waals surface area contributed by atoms with Gasteiger partial charge < -0.3 is 4.90 Å². The molecule has 3 heterocycles. The Labute approximate surface area is 324 Å². The first-order valence-electron chi connectivity index (χ1n) is 18.9. The van der Waals surface area contributed by atoms with E-state index in [4.69, 9.17) is 15.0 Å². The van der Waals surface area contributed by atoms with Gasteiger partial charge in [0.1, 0.15) is 0 Å². The van der Waals surface area contributed by atoms with E-state index >= 15 is 0 Å². The van der Waals surface area contributed by atoms with Gasteiger partial charge in [-0.2, -0.15) is 9.97 Å². The Morgan fingerprint density at radius 1 is 0.357 bits per heavy atom. The van der Waals surface area contributed by atoms with E-state index in [9.17, 15) is 0 Å². The Morgan fingerprint density at radius 3 is 1.54 bits per heavy atom. The molecule has 0 N–H and O–H groups in total. The zero-order chi connectivity index (χ0) is 37.0. The minimum Gasteiger partial charge on any atom is -0.307 e. The maximum Gasteiger partial charge on any atom is 0.238 e. The predicted molar refractivity (Wildman–Crippen MR) is 230 cm³/mol. The Morgan fingerprint density at radius 2 is 0.893 bits per heavy atom. The van der Waals surface area contributed by atoms with Gasteiger partial charge in [-0.15, -0.1) is 0 Å². The summed E-state index contributed by atoms with van der Waals surface area (Å²) in [5.41, 5.74) is 14.1. The number of rotatable bonds is 5. The molecule has 0 spiro atoms. The van der Waals surface area contributed by atoms with E-state index in [-0.39, 0.29) is 0 Å². The zero-order valence-corrected chi connectivity index (χ0v) is 30.3. The summed E-state index contributed by atoms with van der Waals surface area (Å²) in [6.45, 7) is 0. The summed E-state index contributed by atoms with van der Waals surface area (Å²) in [6.07, 6.45) is 0. The molecule has 1 aliphatic heterocycles. The fourth-order valence-electron chi connectivity index (χ4n) is 8.26. The van der Waals surface area contributed by atoms with Gasteiger partial charge in [-0.3, -0.25) is 4.57 Å². The second kappa shape index (κ2) is 13.0. The normalized spacial score (nSPS) is 11.9. The van der Waals surface area contributed by atoms with Gasteiger partial charge in [0.2, 0.25) is 5.95 Å². The molecule has 0 aliphatic carbocycles. The van der Waals surface area contributed by atoms with Gasteiger partial charge in [-0.25, -0.2) is 4.98 Å². The van der Waals surface area contributed by atoms with E-state index in [0.29, 0.717) is 17.6 Å². The molecule has 1 aliphatic rings. The highest BCUT2D eigenvalue weighted by atomic mass is 15.2. The van der Waals surface area contributed by atoms with Gasteiger partial charge in [-0.1, -0.05) is 170 Å². The quantitative estimate of drug-likeness (QED) is 0.178. The van der Waals surface area contributed by atoms with Crippen molar-refractivity contribution in [2.24, 2.45) is 0 Å². The monoisotopic (exact) mass is 715 g/mol. The van der Waals surface area contributed by atoms with Crippen molar-refractivity contribution in [1.29, 1.82) is 0 Å². The fraction of sp³-hybridized carbons (Fsp3) is 0. The Kier molecular flexibility index (Phi) is 7.42. The van der Waals surface area contributed by atoms with Crippen molar-refractivity contribution in [1.82, 2.24) is 19.5 Å². The van der Waals surface area contributed by atoms with Gasteiger partial charge in [-0.05, 0) is 52.6 Å². The summed E-state index contributed by atoms with van der Waals surface area (Å²) in [6, 6.07) is 70.5. The molecule has 8 aromatic carbocycles. The maximum absolute atomic E-state index is 5.33. The molecule has 11 rings (SSSR count). The third-order valence-corrected chi connectivity index (χ3v) is 10.8. The zero-order valence-electron chi connectivity index (χ0n) is 30.3. The SMILES string of the molecule is c1ccc(-c2ccc3c(c2)c2ccc4c(c2n3-c2nc(-c3ccccc3)nc(-c3ccccc3)n2)N(c2ccccc2)c2ccccc2-c2ccccc2-4)cc1. The van der Waals surface area contributed by atoms with Gasteiger partial charge in [0, 0.05) is 38.7 Å². The van der Waals surface area contributed by atoms with Gasteiger partial charge in [0.25, 0.3) is 0 Å². The second-order valence-electron chi connectivity index (χ2n) is 14.0. The van der Waals surface area contributed by atoms with Crippen molar-refractivity contribution in [2.75, 3.05) is 4.90 Å². The van der Waals surface area contributed by atoms with Crippen LogP contribution in [-0.2, 0) is 0 Å². The topological polar surface area (TPSA) is 46.8 Å². The summed E-state index contributed by atoms with van der Waals surface area (Å²) in [5, 5.41) is 2.23. The van der Waals surface area contributed by atoms with Crippen LogP contribution in [0.15, 0.2) is 200 Å². The molecule has 0 unspecified atom stereocenters. The third kappa shape index (κ3) is 5.13. The molecule has 5 nitrogen and oxygen atoms in total. The minimum absolute atomic E-state index is 0.553. The van der Waals surface area contributed by atoms with Gasteiger partial charge in [0.05, 0.1) is 22.4 Å². The first-order chi connectivity index (χ1) is 27.8. The predicted octanol–water partition coefficient (Wildman–Crippen LogP) is 13.1. The van der Waals surface area contributed by atoms with Crippen LogP contribution in [0, 0.1) is 0 Å². The first-order valence-corrected chi connectivity index (χ1v) is 18.9. The Balaban J connectivity index is 1.32. The lowest BCUT2D eigenvalue weighted by Gasteiger charge is -2.28. The fourth-order valence-corrected chi connectivity index (χ4v) is 8.26. The van der Waals surface area contributed by atoms with Crippen LogP contribution >= 0.6 is 0 Å². The van der Waals surface area contributed by atoms with Crippen molar-refractivity contribution in [2.45, 2.75) is 0 Å². The van der Waals surface area contributed by atoms with Crippen molar-refractivity contribution in [3.63, 3.8) is 0 Å². The van der Waals surface area contributed by atoms with Crippen LogP contribution < -0.4 is 4.90 Å². The van der Waals surface area contributed by atoms with Crippen molar-refractivity contribution >= 4 is 38.9 Å². The van der Waals surface area contributed by atoms with Crippen LogP contribution in [0.2, 0.25) is 0 Å². The smallest absolute Gasteiger partial charge is 0.238 e. The Bertz CT molecular complexity index is 3010. The van der Waals surface area contributed by atoms with Crippen molar-refractivity contribution in [3.8, 4) is 62.1 Å². The summed E-state index contributed by atoms with van der Waals surface area (Å²) in [7, 11) is 0. The standard InChI is InChI=1S/C51H33N5/c1-5-17-34(18-6-1)37-29-32-46-44(33-37)43-31-30-42-40-26-14-13-25-39(40)41-27-15-16-28-45(41)55(38-23-11-4-12-24-38)47(42)48(43)56(46)51-53-49(35-19-7-2-8-20-35)52-50(54-51)36-21-9-3-10-22-36/h1-33H. The molecule has 0 amide bonds. The molecular weight excluding hydrogens is 683 g/mol. The summed E-state index contributed by atoms with van der Waals surface area (Å²) >= 11 is 0. The molecule has 10 aromatic rings. The molecule has 56 heavy (non-hydrogen) atoms. The van der Waals surface area contributed by atoms with Crippen LogP contribution in [0.1, 0.15) is 0 Å². The molecule has 262 valence electrons. The van der Waals surface area contributed by atoms with Crippen LogP contribution in [0.4, 0.5) is 17.1 Å². The first kappa shape index (κ1) is 31.9. The lowest BCUT2D eigenvalue weighted by Crippen LogP contribution is -2.13. The second-order valence-corrected chi connectivity index (χ2v) is 14.0. The molecule has 0 bridgehead atoms. The van der Waals surface area contributed by atoms with E-state index in [1.165, 1.54) is 16.7 Å². The van der Waals surface area contributed by atoms with E-state index < -0.39 is 0 Å². The van der Waals surface area contributed by atoms with Crippen LogP contribution in [0.25, 0.3) is 83.9 Å². The van der Waals surface area contributed by atoms with E-state index in [2.05, 4.69) is 173 Å². The summed E-state index contributed by atoms with van der Waals surface area (Å²) < 4.78 is 2.27. The number of para-hydroxylation sites is 2. The summed E-state index contributed by atoms with van der Waals surface area (Å²) in [5.74, 6) is 1.78. The highest BCUT2D eigenvalue weighted by Gasteiger charge is 2.31. The number of benzene rings is 8. The van der Waals surface area contributed by atoms with E-state index in [1.807, 2.05) is 36.4 Å². The minimum atomic E-state index is 0.553. The molecule has 5 heteroatoms. The number of hydrogen-bond donors (Lipinski definition) is 0. The molecule has 0 saturated carbocycles. The molecule has 0 radical (unpaired) electrons. The van der Waals surface area contributed by atoms with E-state index in [1.54, 1.807) is 0 Å². The molecule has 0 saturated heterocycles. The molecule has 0 fully saturated rings. The lowest BCUT2D eigenvalue weighted by molar-refractivity contribution is 0.953. The van der Waals surface area contributed by atoms with Crippen LogP contribution in [0.3, 0.4) is 0 Å². The lowest BCUT2D eigenvalue weighted by atomic mass is 9.94. The number of aromatic nitrogens is 4. The average Bonchev–Trinajstić information content (AvgIpc) is 3.55. The number of fused-ring (bicyclic) bond motifs is 9. The van der Waals surface area contributed by atoms with Crippen molar-refractivity contribution < 1.29 is 0 Å². The molecule has 2 aromatic heterocycles. The number of hydrogen-bond acceptors (Lipinski definition) is 4. The van der Waals surface area contributed by atoms with Gasteiger partial charge in [0.15, 0.2) is 11.6 Å². The maximum atomic E-state index is 5.33. The Hall–Kier alpha value is -7.63. The van der Waals surface area contributed by atoms with Crippen molar-refractivity contribution in [3.05, 3.63) is 200 Å². The highest BCUT2D eigenvalue weighted by Crippen LogP contribution is 2.54. The third-order valence-electron chi connectivity index (χ3n) is 10.8. The average molecular weight is 716 g/mol. The molecule has 0 atom stereocenters. The number of anilines is 3. The van der Waals surface area contributed by atoms with E-state index in [0.717, 1.165) is 66.7 Å². The summed E-state index contributed by atoms with van der Waals surface area (Å²) in [4.78, 5) is 18.2. The van der Waals surface area contributed by atoms with Crippen LogP contribution in [0.5, 0.6) is 0 Å². The largest absolute Gasteiger partial charge is 0.307 e.